The van der Waals surface area contributed by atoms with E-state index in [0.717, 1.165) is 32.5 Å². The number of amides is 1. The van der Waals surface area contributed by atoms with Crippen LogP contribution in [0.2, 0.25) is 0 Å². The molecule has 0 spiro atoms. The molecule has 0 radical (unpaired) electrons. The molecule has 1 atom stereocenters. The summed E-state index contributed by atoms with van der Waals surface area (Å²) in [4.78, 5) is 14.5. The van der Waals surface area contributed by atoms with Crippen LogP contribution in [-0.2, 0) is 9.53 Å². The molecule has 0 aromatic rings. The average Bonchev–Trinajstić information content (AvgIpc) is 3.22. The number of likely N-dealkylation sites (tertiary alicyclic amines) is 1. The van der Waals surface area contributed by atoms with E-state index in [1.54, 1.807) is 0 Å². The fraction of sp³-hybridized carbons (Fsp3) is 0.933. The van der Waals surface area contributed by atoms with Gasteiger partial charge in [-0.05, 0) is 51.5 Å². The van der Waals surface area contributed by atoms with E-state index < -0.39 is 0 Å². The summed E-state index contributed by atoms with van der Waals surface area (Å²) in [5.74, 6) is 0.780. The SMILES string of the molecule is CCCN1CCC(NC(=O)C(C)OCC2CC2)CC1. The Labute approximate surface area is 116 Å². The molecule has 1 N–H and O–H groups in total. The summed E-state index contributed by atoms with van der Waals surface area (Å²) in [6.45, 7) is 8.23. The van der Waals surface area contributed by atoms with Gasteiger partial charge in [-0.2, -0.15) is 0 Å². The number of ether oxygens (including phenoxy) is 1. The van der Waals surface area contributed by atoms with Gasteiger partial charge in [-0.15, -0.1) is 0 Å². The normalized spacial score (nSPS) is 23.3. The van der Waals surface area contributed by atoms with Crippen LogP contribution in [0, 0.1) is 5.92 Å². The lowest BCUT2D eigenvalue weighted by atomic mass is 10.0. The molecule has 4 nitrogen and oxygen atoms in total. The van der Waals surface area contributed by atoms with E-state index in [9.17, 15) is 4.79 Å². The number of piperidine rings is 1. The molecule has 1 saturated heterocycles. The molecule has 1 unspecified atom stereocenters. The number of hydrogen-bond acceptors (Lipinski definition) is 3. The second kappa shape index (κ2) is 7.25. The zero-order valence-electron chi connectivity index (χ0n) is 12.4. The van der Waals surface area contributed by atoms with Crippen LogP contribution < -0.4 is 5.32 Å². The van der Waals surface area contributed by atoms with E-state index in [1.807, 2.05) is 6.92 Å². The van der Waals surface area contributed by atoms with Gasteiger partial charge in [0.1, 0.15) is 6.10 Å². The molecule has 1 heterocycles. The minimum Gasteiger partial charge on any atom is -0.368 e. The molecule has 2 aliphatic rings. The monoisotopic (exact) mass is 268 g/mol. The summed E-state index contributed by atoms with van der Waals surface area (Å²) in [5, 5.41) is 3.13. The Morgan fingerprint density at radius 2 is 2.00 bits per heavy atom. The van der Waals surface area contributed by atoms with Crippen LogP contribution >= 0.6 is 0 Å². The van der Waals surface area contributed by atoms with Gasteiger partial charge in [-0.25, -0.2) is 0 Å². The molecule has 0 bridgehead atoms. The highest BCUT2D eigenvalue weighted by atomic mass is 16.5. The van der Waals surface area contributed by atoms with E-state index in [0.29, 0.717) is 12.0 Å². The summed E-state index contributed by atoms with van der Waals surface area (Å²) >= 11 is 0. The molecule has 1 aliphatic carbocycles. The Bertz CT molecular complexity index is 284. The lowest BCUT2D eigenvalue weighted by molar-refractivity contribution is -0.133. The van der Waals surface area contributed by atoms with Crippen molar-refractivity contribution in [1.82, 2.24) is 10.2 Å². The molecule has 110 valence electrons. The van der Waals surface area contributed by atoms with Gasteiger partial charge in [0.05, 0.1) is 6.61 Å². The predicted octanol–water partition coefficient (Wildman–Crippen LogP) is 1.79. The zero-order valence-corrected chi connectivity index (χ0v) is 12.4. The summed E-state index contributed by atoms with van der Waals surface area (Å²) in [6, 6.07) is 0.340. The fourth-order valence-corrected chi connectivity index (χ4v) is 2.58. The first-order chi connectivity index (χ1) is 9.19. The molecule has 0 aromatic carbocycles. The third-order valence-electron chi connectivity index (χ3n) is 4.12. The molecule has 2 fully saturated rings. The molecule has 1 amide bonds. The number of hydrogen-bond donors (Lipinski definition) is 1. The average molecular weight is 268 g/mol. The van der Waals surface area contributed by atoms with Crippen LogP contribution in [0.5, 0.6) is 0 Å². The maximum absolute atomic E-state index is 12.0. The summed E-state index contributed by atoms with van der Waals surface area (Å²) in [6.07, 6.45) is 5.59. The van der Waals surface area contributed by atoms with Gasteiger partial charge in [0.2, 0.25) is 5.91 Å². The van der Waals surface area contributed by atoms with E-state index >= 15 is 0 Å². The van der Waals surface area contributed by atoms with Gasteiger partial charge in [0, 0.05) is 19.1 Å². The van der Waals surface area contributed by atoms with Gasteiger partial charge in [0.25, 0.3) is 0 Å². The molecule has 1 saturated carbocycles. The first kappa shape index (κ1) is 14.8. The van der Waals surface area contributed by atoms with E-state index in [2.05, 4.69) is 17.1 Å². The Morgan fingerprint density at radius 1 is 1.32 bits per heavy atom. The molecule has 0 aromatic heterocycles. The first-order valence-electron chi connectivity index (χ1n) is 7.83. The molecular formula is C15H28N2O2. The minimum atomic E-state index is -0.297. The van der Waals surface area contributed by atoms with E-state index in [-0.39, 0.29) is 12.0 Å². The number of nitrogens with one attached hydrogen (secondary N) is 1. The highest BCUT2D eigenvalue weighted by molar-refractivity contribution is 5.80. The molecular weight excluding hydrogens is 240 g/mol. The van der Waals surface area contributed by atoms with Gasteiger partial charge >= 0.3 is 0 Å². The molecule has 2 rings (SSSR count). The van der Waals surface area contributed by atoms with E-state index in [1.165, 1.54) is 25.8 Å². The van der Waals surface area contributed by atoms with Gasteiger partial charge in [-0.3, -0.25) is 4.79 Å². The largest absolute Gasteiger partial charge is 0.368 e. The van der Waals surface area contributed by atoms with Crippen molar-refractivity contribution in [3.8, 4) is 0 Å². The van der Waals surface area contributed by atoms with Crippen LogP contribution in [0.3, 0.4) is 0 Å². The van der Waals surface area contributed by atoms with Crippen molar-refractivity contribution >= 4 is 5.91 Å². The zero-order chi connectivity index (χ0) is 13.7. The quantitative estimate of drug-likeness (QED) is 0.765. The predicted molar refractivity (Wildman–Crippen MR) is 76.0 cm³/mol. The topological polar surface area (TPSA) is 41.6 Å². The van der Waals surface area contributed by atoms with Crippen molar-refractivity contribution in [3.05, 3.63) is 0 Å². The van der Waals surface area contributed by atoms with Crippen LogP contribution in [0.1, 0.15) is 46.0 Å². The van der Waals surface area contributed by atoms with Crippen molar-refractivity contribution < 1.29 is 9.53 Å². The fourth-order valence-electron chi connectivity index (χ4n) is 2.58. The Morgan fingerprint density at radius 3 is 2.58 bits per heavy atom. The second-order valence-electron chi connectivity index (χ2n) is 6.04. The summed E-state index contributed by atoms with van der Waals surface area (Å²) < 4.78 is 5.61. The molecule has 1 aliphatic heterocycles. The Balaban J connectivity index is 1.61. The van der Waals surface area contributed by atoms with Crippen LogP contribution in [0.25, 0.3) is 0 Å². The number of nitrogens with zero attached hydrogens (tertiary/aromatic N) is 1. The smallest absolute Gasteiger partial charge is 0.249 e. The van der Waals surface area contributed by atoms with Crippen molar-refractivity contribution in [2.75, 3.05) is 26.2 Å². The highest BCUT2D eigenvalue weighted by Crippen LogP contribution is 2.29. The van der Waals surface area contributed by atoms with Gasteiger partial charge in [0.15, 0.2) is 0 Å². The number of carbonyl (C=O) groups excluding carboxylic acids is 1. The standard InChI is InChI=1S/C15H28N2O2/c1-3-8-17-9-6-14(7-10-17)16-15(18)12(2)19-11-13-4-5-13/h12-14H,3-11H2,1-2H3,(H,16,18). The summed E-state index contributed by atoms with van der Waals surface area (Å²) in [7, 11) is 0. The maximum atomic E-state index is 12.0. The third kappa shape index (κ3) is 5.11. The van der Waals surface area contributed by atoms with Crippen molar-refractivity contribution in [1.29, 1.82) is 0 Å². The van der Waals surface area contributed by atoms with Crippen molar-refractivity contribution in [2.45, 2.75) is 58.1 Å². The van der Waals surface area contributed by atoms with Crippen LogP contribution in [0.15, 0.2) is 0 Å². The first-order valence-corrected chi connectivity index (χ1v) is 7.83. The third-order valence-corrected chi connectivity index (χ3v) is 4.12. The second-order valence-corrected chi connectivity index (χ2v) is 6.04. The lowest BCUT2D eigenvalue weighted by Gasteiger charge is -2.32. The summed E-state index contributed by atoms with van der Waals surface area (Å²) in [5.41, 5.74) is 0. The maximum Gasteiger partial charge on any atom is 0.249 e. The Hall–Kier alpha value is -0.610. The molecule has 19 heavy (non-hydrogen) atoms. The Kier molecular flexibility index (Phi) is 5.64. The number of carbonyl (C=O) groups is 1. The van der Waals surface area contributed by atoms with Crippen molar-refractivity contribution in [2.24, 2.45) is 5.92 Å². The van der Waals surface area contributed by atoms with Crippen LogP contribution in [0.4, 0.5) is 0 Å². The van der Waals surface area contributed by atoms with Gasteiger partial charge in [-0.1, -0.05) is 6.92 Å². The highest BCUT2D eigenvalue weighted by Gasteiger charge is 2.26. The van der Waals surface area contributed by atoms with Crippen LogP contribution in [-0.4, -0.2) is 49.2 Å². The lowest BCUT2D eigenvalue weighted by Crippen LogP contribution is -2.47. The van der Waals surface area contributed by atoms with Crippen molar-refractivity contribution in [3.63, 3.8) is 0 Å². The molecule has 4 heteroatoms. The van der Waals surface area contributed by atoms with Gasteiger partial charge < -0.3 is 15.0 Å². The van der Waals surface area contributed by atoms with E-state index in [4.69, 9.17) is 4.74 Å². The minimum absolute atomic E-state index is 0.0644. The number of rotatable bonds is 7.